The van der Waals surface area contributed by atoms with Crippen molar-refractivity contribution in [3.05, 3.63) is 102 Å². The fourth-order valence-corrected chi connectivity index (χ4v) is 4.69. The summed E-state index contributed by atoms with van der Waals surface area (Å²) in [6.07, 6.45) is 1.88. The summed E-state index contributed by atoms with van der Waals surface area (Å²) in [5.41, 5.74) is 4.54. The second kappa shape index (κ2) is 11.0. The van der Waals surface area contributed by atoms with Crippen LogP contribution in [0, 0.1) is 0 Å². The Morgan fingerprint density at radius 3 is 2.12 bits per heavy atom. The molecule has 0 amide bonds. The van der Waals surface area contributed by atoms with Gasteiger partial charge in [0.25, 0.3) is 0 Å². The van der Waals surface area contributed by atoms with Gasteiger partial charge in [0.05, 0.1) is 0 Å². The number of benzene rings is 3. The van der Waals surface area contributed by atoms with Crippen molar-refractivity contribution in [1.82, 2.24) is 9.97 Å². The number of nitrogens with one attached hydrogen (secondary N) is 1. The molecule has 4 aromatic rings. The fraction of sp³-hybridized carbons (Fsp3) is 0.115. The zero-order valence-electron chi connectivity index (χ0n) is 18.1. The van der Waals surface area contributed by atoms with Crippen LogP contribution in [0.4, 0.5) is 5.82 Å². The Morgan fingerprint density at radius 1 is 0.848 bits per heavy atom. The minimum atomic E-state index is -1.04. The molecular formula is C26H23N3O2S2. The molecule has 0 atom stereocenters. The van der Waals surface area contributed by atoms with Gasteiger partial charge in [0, 0.05) is 12.3 Å². The molecule has 0 spiro atoms. The predicted molar refractivity (Wildman–Crippen MR) is 136 cm³/mol. The number of carbonyl (C=O) groups is 1. The molecular weight excluding hydrogens is 450 g/mol. The lowest BCUT2D eigenvalue weighted by Crippen LogP contribution is -2.12. The lowest BCUT2D eigenvalue weighted by Gasteiger charge is -2.14. The molecule has 4 rings (SSSR count). The van der Waals surface area contributed by atoms with Crippen LogP contribution in [0.1, 0.15) is 21.5 Å². The van der Waals surface area contributed by atoms with E-state index in [4.69, 9.17) is 0 Å². The van der Waals surface area contributed by atoms with Gasteiger partial charge in [-0.05, 0) is 28.5 Å². The third-order valence-corrected chi connectivity index (χ3v) is 6.59. The van der Waals surface area contributed by atoms with Crippen LogP contribution in [0.15, 0.2) is 95.1 Å². The summed E-state index contributed by atoms with van der Waals surface area (Å²) in [5, 5.41) is 14.2. The number of rotatable bonds is 9. The van der Waals surface area contributed by atoms with Crippen LogP contribution in [-0.2, 0) is 12.3 Å². The molecule has 0 radical (unpaired) electrons. The number of thioether (sulfide) groups is 2. The molecule has 0 aliphatic carbocycles. The van der Waals surface area contributed by atoms with Gasteiger partial charge in [0.15, 0.2) is 5.16 Å². The largest absolute Gasteiger partial charge is 0.477 e. The molecule has 0 fully saturated rings. The zero-order chi connectivity index (χ0) is 23.0. The monoisotopic (exact) mass is 473 g/mol. The average molecular weight is 474 g/mol. The number of hydrogen-bond acceptors (Lipinski definition) is 6. The van der Waals surface area contributed by atoms with Gasteiger partial charge in [-0.1, -0.05) is 96.7 Å². The van der Waals surface area contributed by atoms with Crippen molar-refractivity contribution < 1.29 is 9.90 Å². The topological polar surface area (TPSA) is 75.1 Å². The number of aromatic carboxylic acids is 1. The van der Waals surface area contributed by atoms with Gasteiger partial charge in [0.2, 0.25) is 0 Å². The summed E-state index contributed by atoms with van der Waals surface area (Å²) in [5.74, 6) is -0.0727. The first-order valence-corrected chi connectivity index (χ1v) is 12.6. The standard InChI is InChI=1S/C26H23N3O2S2/c1-32-26-28-23(22(25(30)31)24(29-26)33-17-19-8-4-2-5-9-19)27-16-18-12-14-21(15-13-18)20-10-6-3-7-11-20/h2-15H,16-17H2,1H3,(H,30,31)(H,27,28,29). The maximum absolute atomic E-state index is 12.1. The van der Waals surface area contributed by atoms with Crippen molar-refractivity contribution in [3.8, 4) is 11.1 Å². The molecule has 0 aliphatic heterocycles. The van der Waals surface area contributed by atoms with Crippen molar-refractivity contribution in [1.29, 1.82) is 0 Å². The van der Waals surface area contributed by atoms with E-state index >= 15 is 0 Å². The third-order valence-electron chi connectivity index (χ3n) is 4.99. The molecule has 0 aliphatic rings. The average Bonchev–Trinajstić information content (AvgIpc) is 2.87. The van der Waals surface area contributed by atoms with Gasteiger partial charge >= 0.3 is 5.97 Å². The second-order valence-corrected chi connectivity index (χ2v) is 8.97. The summed E-state index contributed by atoms with van der Waals surface area (Å²) >= 11 is 2.80. The predicted octanol–water partition coefficient (Wildman–Crippen LogP) is 6.47. The Kier molecular flexibility index (Phi) is 7.65. The maximum atomic E-state index is 12.1. The molecule has 1 aromatic heterocycles. The number of nitrogens with zero attached hydrogens (tertiary/aromatic N) is 2. The first-order chi connectivity index (χ1) is 16.1. The van der Waals surface area contributed by atoms with Gasteiger partial charge in [-0.2, -0.15) is 0 Å². The van der Waals surface area contributed by atoms with Crippen molar-refractivity contribution in [2.24, 2.45) is 0 Å². The summed E-state index contributed by atoms with van der Waals surface area (Å²) in [4.78, 5) is 21.1. The van der Waals surface area contributed by atoms with Gasteiger partial charge in [-0.3, -0.25) is 0 Å². The van der Waals surface area contributed by atoms with Crippen LogP contribution in [0.25, 0.3) is 11.1 Å². The molecule has 0 saturated carbocycles. The van der Waals surface area contributed by atoms with Crippen LogP contribution in [-0.4, -0.2) is 27.3 Å². The van der Waals surface area contributed by atoms with E-state index in [0.29, 0.717) is 28.3 Å². The van der Waals surface area contributed by atoms with Crippen LogP contribution in [0.3, 0.4) is 0 Å². The highest BCUT2D eigenvalue weighted by molar-refractivity contribution is 7.99. The Morgan fingerprint density at radius 2 is 1.48 bits per heavy atom. The second-order valence-electron chi connectivity index (χ2n) is 7.23. The fourth-order valence-electron chi connectivity index (χ4n) is 3.29. The zero-order valence-corrected chi connectivity index (χ0v) is 19.7. The van der Waals surface area contributed by atoms with Crippen LogP contribution in [0.5, 0.6) is 0 Å². The van der Waals surface area contributed by atoms with Gasteiger partial charge in [-0.25, -0.2) is 14.8 Å². The molecule has 1 heterocycles. The lowest BCUT2D eigenvalue weighted by molar-refractivity contribution is 0.0692. The van der Waals surface area contributed by atoms with Crippen molar-refractivity contribution >= 4 is 35.3 Å². The van der Waals surface area contributed by atoms with Crippen LogP contribution >= 0.6 is 23.5 Å². The van der Waals surface area contributed by atoms with Crippen molar-refractivity contribution in [2.45, 2.75) is 22.5 Å². The molecule has 33 heavy (non-hydrogen) atoms. The molecule has 0 unspecified atom stereocenters. The van der Waals surface area contributed by atoms with E-state index in [9.17, 15) is 9.90 Å². The summed E-state index contributed by atoms with van der Waals surface area (Å²) in [6.45, 7) is 0.461. The van der Waals surface area contributed by atoms with Gasteiger partial charge < -0.3 is 10.4 Å². The van der Waals surface area contributed by atoms with Crippen LogP contribution in [0.2, 0.25) is 0 Å². The van der Waals surface area contributed by atoms with E-state index in [0.717, 1.165) is 22.3 Å². The number of aromatic nitrogens is 2. The highest BCUT2D eigenvalue weighted by Gasteiger charge is 2.21. The van der Waals surface area contributed by atoms with E-state index in [2.05, 4.69) is 39.6 Å². The van der Waals surface area contributed by atoms with E-state index in [1.807, 2.05) is 66.9 Å². The lowest BCUT2D eigenvalue weighted by atomic mass is 10.0. The highest BCUT2D eigenvalue weighted by atomic mass is 32.2. The Balaban J connectivity index is 1.54. The molecule has 0 saturated heterocycles. The van der Waals surface area contributed by atoms with Crippen molar-refractivity contribution in [2.75, 3.05) is 11.6 Å². The Hall–Kier alpha value is -3.29. The minimum absolute atomic E-state index is 0.106. The van der Waals surface area contributed by atoms with Gasteiger partial charge in [-0.15, -0.1) is 11.8 Å². The smallest absolute Gasteiger partial charge is 0.342 e. The number of anilines is 1. The molecule has 166 valence electrons. The quantitative estimate of drug-likeness (QED) is 0.164. The van der Waals surface area contributed by atoms with E-state index in [1.54, 1.807) is 0 Å². The molecule has 5 nitrogen and oxygen atoms in total. The van der Waals surface area contributed by atoms with Crippen LogP contribution < -0.4 is 5.32 Å². The first kappa shape index (κ1) is 22.9. The normalized spacial score (nSPS) is 10.7. The van der Waals surface area contributed by atoms with Crippen molar-refractivity contribution in [3.63, 3.8) is 0 Å². The number of carboxylic acid groups (broad SMARTS) is 1. The third kappa shape index (κ3) is 5.94. The highest BCUT2D eigenvalue weighted by Crippen LogP contribution is 2.31. The molecule has 2 N–H and O–H groups in total. The minimum Gasteiger partial charge on any atom is -0.477 e. The van der Waals surface area contributed by atoms with E-state index in [-0.39, 0.29) is 5.56 Å². The Labute approximate surface area is 201 Å². The van der Waals surface area contributed by atoms with E-state index in [1.165, 1.54) is 23.5 Å². The Bertz CT molecular complexity index is 1220. The molecule has 3 aromatic carbocycles. The summed E-state index contributed by atoms with van der Waals surface area (Å²) in [6, 6.07) is 28.3. The number of hydrogen-bond donors (Lipinski definition) is 2. The SMILES string of the molecule is CSc1nc(NCc2ccc(-c3ccccc3)cc2)c(C(=O)O)c(SCc2ccccc2)n1. The summed E-state index contributed by atoms with van der Waals surface area (Å²) in [7, 11) is 0. The first-order valence-electron chi connectivity index (χ1n) is 10.4. The molecule has 0 bridgehead atoms. The van der Waals surface area contributed by atoms with Gasteiger partial charge in [0.1, 0.15) is 16.4 Å². The summed E-state index contributed by atoms with van der Waals surface area (Å²) < 4.78 is 0. The number of carboxylic acids is 1. The molecule has 7 heteroatoms. The maximum Gasteiger partial charge on any atom is 0.342 e. The van der Waals surface area contributed by atoms with E-state index < -0.39 is 5.97 Å².